The van der Waals surface area contributed by atoms with Crippen molar-refractivity contribution in [3.05, 3.63) is 35.4 Å². The van der Waals surface area contributed by atoms with Gasteiger partial charge >= 0.3 is 0 Å². The molecular formula is C16H17BrO2. The van der Waals surface area contributed by atoms with Crippen LogP contribution in [-0.2, 0) is 4.74 Å². The van der Waals surface area contributed by atoms with E-state index in [9.17, 15) is 5.11 Å². The quantitative estimate of drug-likeness (QED) is 0.744. The van der Waals surface area contributed by atoms with Crippen LogP contribution in [0.2, 0.25) is 0 Å². The smallest absolute Gasteiger partial charge is 0.0868 e. The zero-order chi connectivity index (χ0) is 12.7. The number of aliphatic hydroxyl groups excluding tert-OH is 1. The lowest BCUT2D eigenvalue weighted by Crippen LogP contribution is -2.53. The predicted molar refractivity (Wildman–Crippen MR) is 74.9 cm³/mol. The summed E-state index contributed by atoms with van der Waals surface area (Å²) in [4.78, 5) is 0.432. The monoisotopic (exact) mass is 320 g/mol. The van der Waals surface area contributed by atoms with Crippen molar-refractivity contribution < 1.29 is 9.84 Å². The normalized spacial score (nSPS) is 53.2. The Hall–Kier alpha value is -0.380. The maximum Gasteiger partial charge on any atom is 0.0868 e. The summed E-state index contributed by atoms with van der Waals surface area (Å²) in [5.41, 5.74) is 2.35. The zero-order valence-corrected chi connectivity index (χ0v) is 12.2. The van der Waals surface area contributed by atoms with Gasteiger partial charge in [0.05, 0.1) is 18.3 Å². The first-order valence-corrected chi connectivity index (χ1v) is 8.25. The van der Waals surface area contributed by atoms with Crippen molar-refractivity contribution in [2.45, 2.75) is 36.0 Å². The molecule has 1 saturated heterocycles. The number of aliphatic hydroxyl groups is 1. The van der Waals surface area contributed by atoms with E-state index < -0.39 is 0 Å². The molecule has 0 radical (unpaired) electrons. The Labute approximate surface area is 121 Å². The zero-order valence-electron chi connectivity index (χ0n) is 10.6. The molecular weight excluding hydrogens is 304 g/mol. The Bertz CT molecular complexity index is 545. The van der Waals surface area contributed by atoms with Crippen LogP contribution in [0, 0.1) is 23.7 Å². The molecule has 4 fully saturated rings. The molecule has 4 aliphatic carbocycles. The lowest BCUT2D eigenvalue weighted by Gasteiger charge is -2.53. The minimum Gasteiger partial charge on any atom is -0.388 e. The van der Waals surface area contributed by atoms with E-state index in [0.29, 0.717) is 34.6 Å². The Morgan fingerprint density at radius 1 is 1.05 bits per heavy atom. The van der Waals surface area contributed by atoms with Crippen LogP contribution in [0.5, 0.6) is 0 Å². The van der Waals surface area contributed by atoms with E-state index in [0.717, 1.165) is 5.56 Å². The fraction of sp³-hybridized carbons (Fsp3) is 0.625. The van der Waals surface area contributed by atoms with Gasteiger partial charge in [-0.3, -0.25) is 0 Å². The van der Waals surface area contributed by atoms with Gasteiger partial charge in [0, 0.05) is 10.7 Å². The molecule has 0 aromatic heterocycles. The maximum absolute atomic E-state index is 10.9. The van der Waals surface area contributed by atoms with E-state index in [1.165, 1.54) is 18.4 Å². The molecule has 2 nitrogen and oxygen atoms in total. The summed E-state index contributed by atoms with van der Waals surface area (Å²) in [6.07, 6.45) is 2.82. The minimum absolute atomic E-state index is 0.227. The highest BCUT2D eigenvalue weighted by Crippen LogP contribution is 2.67. The molecule has 6 rings (SSSR count). The maximum atomic E-state index is 10.9. The molecule has 5 aliphatic rings. The van der Waals surface area contributed by atoms with Gasteiger partial charge in [-0.25, -0.2) is 0 Å². The first-order valence-electron chi connectivity index (χ1n) is 7.34. The lowest BCUT2D eigenvalue weighted by atomic mass is 9.53. The second-order valence-corrected chi connectivity index (χ2v) is 7.66. The minimum atomic E-state index is -0.298. The molecule has 4 unspecified atom stereocenters. The van der Waals surface area contributed by atoms with Gasteiger partial charge in [-0.2, -0.15) is 0 Å². The lowest BCUT2D eigenvalue weighted by molar-refractivity contribution is -0.0502. The van der Waals surface area contributed by atoms with Crippen molar-refractivity contribution in [3.63, 3.8) is 0 Å². The van der Waals surface area contributed by atoms with Crippen molar-refractivity contribution in [2.75, 3.05) is 0 Å². The number of fused-ring (bicyclic) bond motifs is 3. The fourth-order valence-electron chi connectivity index (χ4n) is 5.41. The molecule has 1 aromatic rings. The van der Waals surface area contributed by atoms with Crippen molar-refractivity contribution >= 4 is 15.9 Å². The SMILES string of the molecule is OC1c2ccccc2C2O[C@H]3[C@H](Br)[C@@H]4CC[C@H]3C2C14. The molecule has 1 aromatic carbocycles. The number of hydrogen-bond acceptors (Lipinski definition) is 2. The average molecular weight is 321 g/mol. The Morgan fingerprint density at radius 2 is 1.79 bits per heavy atom. The third kappa shape index (κ3) is 1.21. The van der Waals surface area contributed by atoms with Crippen molar-refractivity contribution in [3.8, 4) is 0 Å². The van der Waals surface area contributed by atoms with E-state index in [1.807, 2.05) is 6.07 Å². The second-order valence-electron chi connectivity index (χ2n) is 6.60. The van der Waals surface area contributed by atoms with Crippen LogP contribution in [0.25, 0.3) is 0 Å². The first-order chi connectivity index (χ1) is 9.27. The van der Waals surface area contributed by atoms with Gasteiger partial charge in [0.2, 0.25) is 0 Å². The molecule has 8 atom stereocenters. The van der Waals surface area contributed by atoms with E-state index in [1.54, 1.807) is 0 Å². The molecule has 1 heterocycles. The molecule has 1 N–H and O–H groups in total. The third-order valence-corrected chi connectivity index (χ3v) is 7.25. The fourth-order valence-corrected chi connectivity index (χ4v) is 6.54. The number of ether oxygens (including phenoxy) is 1. The van der Waals surface area contributed by atoms with Crippen molar-refractivity contribution in [1.82, 2.24) is 0 Å². The number of benzene rings is 1. The van der Waals surface area contributed by atoms with Gasteiger partial charge in [0.25, 0.3) is 0 Å². The standard InChI is InChI=1S/C16H17BrO2/c17-13-9-5-6-10-12-11(9)14(18)7-3-1-2-4-8(7)15(12)19-16(10)13/h1-4,9-16,18H,5-6H2/t9-,10+,11?,12?,13-,14?,15?,16-/m1/s1. The summed E-state index contributed by atoms with van der Waals surface area (Å²) >= 11 is 3.87. The summed E-state index contributed by atoms with van der Waals surface area (Å²) in [6.45, 7) is 0. The molecule has 19 heavy (non-hydrogen) atoms. The summed E-state index contributed by atoms with van der Waals surface area (Å²) in [6, 6.07) is 8.34. The van der Waals surface area contributed by atoms with Gasteiger partial charge in [-0.15, -0.1) is 0 Å². The Kier molecular flexibility index (Phi) is 2.16. The molecule has 0 spiro atoms. The van der Waals surface area contributed by atoms with Gasteiger partial charge in [0.15, 0.2) is 0 Å². The second kappa shape index (κ2) is 3.63. The topological polar surface area (TPSA) is 29.5 Å². The number of halogens is 1. The van der Waals surface area contributed by atoms with Crippen LogP contribution in [0.3, 0.4) is 0 Å². The van der Waals surface area contributed by atoms with Crippen LogP contribution in [0.1, 0.15) is 36.2 Å². The van der Waals surface area contributed by atoms with Gasteiger partial charge in [-0.1, -0.05) is 40.2 Å². The summed E-state index contributed by atoms with van der Waals surface area (Å²) in [7, 11) is 0. The van der Waals surface area contributed by atoms with E-state index >= 15 is 0 Å². The predicted octanol–water partition coefficient (Wildman–Crippen LogP) is 3.21. The number of alkyl halides is 1. The Balaban J connectivity index is 1.74. The van der Waals surface area contributed by atoms with E-state index in [-0.39, 0.29) is 12.2 Å². The largest absolute Gasteiger partial charge is 0.388 e. The third-order valence-electron chi connectivity index (χ3n) is 6.05. The Morgan fingerprint density at radius 3 is 2.63 bits per heavy atom. The molecule has 3 saturated carbocycles. The summed E-state index contributed by atoms with van der Waals surface area (Å²) < 4.78 is 6.42. The summed E-state index contributed by atoms with van der Waals surface area (Å²) in [5.74, 6) is 2.16. The number of rotatable bonds is 0. The highest BCUT2D eigenvalue weighted by atomic mass is 79.9. The molecule has 1 aliphatic heterocycles. The first kappa shape index (κ1) is 11.3. The molecule has 4 bridgehead atoms. The molecule has 3 heteroatoms. The van der Waals surface area contributed by atoms with Crippen LogP contribution in [0.15, 0.2) is 24.3 Å². The average Bonchev–Trinajstić information content (AvgIpc) is 2.81. The van der Waals surface area contributed by atoms with Crippen LogP contribution in [-0.4, -0.2) is 16.0 Å². The molecule has 0 amide bonds. The van der Waals surface area contributed by atoms with Gasteiger partial charge in [0.1, 0.15) is 0 Å². The van der Waals surface area contributed by atoms with Crippen molar-refractivity contribution in [2.24, 2.45) is 23.7 Å². The summed E-state index contributed by atoms with van der Waals surface area (Å²) in [5, 5.41) is 10.9. The van der Waals surface area contributed by atoms with E-state index in [2.05, 4.69) is 34.1 Å². The molecule has 100 valence electrons. The van der Waals surface area contributed by atoms with Crippen molar-refractivity contribution in [1.29, 1.82) is 0 Å². The van der Waals surface area contributed by atoms with Crippen LogP contribution >= 0.6 is 15.9 Å². The van der Waals surface area contributed by atoms with Crippen LogP contribution in [0.4, 0.5) is 0 Å². The number of hydrogen-bond donors (Lipinski definition) is 1. The van der Waals surface area contributed by atoms with Crippen LogP contribution < -0.4 is 0 Å². The highest BCUT2D eigenvalue weighted by molar-refractivity contribution is 9.09. The van der Waals surface area contributed by atoms with Gasteiger partial charge < -0.3 is 9.84 Å². The van der Waals surface area contributed by atoms with Gasteiger partial charge in [-0.05, 0) is 41.7 Å². The highest BCUT2D eigenvalue weighted by Gasteiger charge is 2.64. The van der Waals surface area contributed by atoms with E-state index in [4.69, 9.17) is 4.74 Å².